The van der Waals surface area contributed by atoms with E-state index in [9.17, 15) is 9.90 Å². The van der Waals surface area contributed by atoms with Gasteiger partial charge in [-0.2, -0.15) is 24.4 Å². The average Bonchev–Trinajstić information content (AvgIpc) is 2.87. The first kappa shape index (κ1) is 18.0. The van der Waals surface area contributed by atoms with Crippen LogP contribution >= 0.6 is 24.4 Å². The monoisotopic (exact) mass is 371 g/mol. The van der Waals surface area contributed by atoms with E-state index in [1.807, 2.05) is 55.7 Å². The predicted octanol–water partition coefficient (Wildman–Crippen LogP) is 4.61. The van der Waals surface area contributed by atoms with Crippen molar-refractivity contribution in [3.8, 4) is 5.75 Å². The number of thioether (sulfide) groups is 1. The van der Waals surface area contributed by atoms with Gasteiger partial charge in [0.15, 0.2) is 0 Å². The molecule has 1 aliphatic heterocycles. The van der Waals surface area contributed by atoms with Crippen LogP contribution in [0, 0.1) is 0 Å². The van der Waals surface area contributed by atoms with Crippen LogP contribution in [0.5, 0.6) is 5.75 Å². The summed E-state index contributed by atoms with van der Waals surface area (Å²) in [5, 5.41) is 13.6. The lowest BCUT2D eigenvalue weighted by molar-refractivity contribution is -0.110. The van der Waals surface area contributed by atoms with Crippen LogP contribution in [0.3, 0.4) is 0 Å². The molecule has 0 bridgehead atoms. The Morgan fingerprint density at radius 3 is 2.72 bits per heavy atom. The first-order valence-corrected chi connectivity index (χ1v) is 10.0. The zero-order chi connectivity index (χ0) is 18.0. The fourth-order valence-electron chi connectivity index (χ4n) is 3.06. The van der Waals surface area contributed by atoms with Gasteiger partial charge in [0.05, 0.1) is 0 Å². The Bertz CT molecular complexity index is 844. The van der Waals surface area contributed by atoms with E-state index < -0.39 is 0 Å². The van der Waals surface area contributed by atoms with E-state index in [1.165, 1.54) is 0 Å². The van der Waals surface area contributed by atoms with Crippen molar-refractivity contribution in [2.75, 3.05) is 11.6 Å². The maximum absolute atomic E-state index is 12.3. The number of phenolic OH excluding ortho intramolecular Hbond substituents is 1. The minimum absolute atomic E-state index is 0.0928. The molecule has 0 spiro atoms. The van der Waals surface area contributed by atoms with E-state index in [1.54, 1.807) is 11.8 Å². The number of fused-ring (bicyclic) bond motifs is 1. The summed E-state index contributed by atoms with van der Waals surface area (Å²) in [6.45, 7) is 2.00. The molecule has 2 aromatic carbocycles. The molecular weight excluding hydrogens is 350 g/mol. The number of nitrogens with one attached hydrogen (secondary N) is 1. The van der Waals surface area contributed by atoms with E-state index in [-0.39, 0.29) is 11.2 Å². The number of phenols is 1. The number of thiol groups is 1. The summed E-state index contributed by atoms with van der Waals surface area (Å²) in [6, 6.07) is 11.6. The fraction of sp³-hybridized carbons (Fsp3) is 0.250. The van der Waals surface area contributed by atoms with Gasteiger partial charge in [-0.15, -0.1) is 0 Å². The summed E-state index contributed by atoms with van der Waals surface area (Å²) in [5.41, 5.74) is 5.08. The lowest BCUT2D eigenvalue weighted by atomic mass is 9.98. The van der Waals surface area contributed by atoms with Gasteiger partial charge in [-0.3, -0.25) is 4.79 Å². The molecule has 1 atom stereocenters. The SMILES string of the molecule is CSCc1cc(/C=C2/C(=O)Nc3ccccc32)cc(CC(C)S)c1O. The lowest BCUT2D eigenvalue weighted by Gasteiger charge is -2.13. The number of amides is 1. The summed E-state index contributed by atoms with van der Waals surface area (Å²) >= 11 is 6.11. The number of anilines is 1. The van der Waals surface area contributed by atoms with Crippen molar-refractivity contribution < 1.29 is 9.90 Å². The van der Waals surface area contributed by atoms with Crippen molar-refractivity contribution in [3.63, 3.8) is 0 Å². The number of hydrogen-bond acceptors (Lipinski definition) is 4. The molecule has 0 saturated heterocycles. The van der Waals surface area contributed by atoms with Gasteiger partial charge in [0.25, 0.3) is 5.91 Å². The maximum Gasteiger partial charge on any atom is 0.256 e. The Labute approximate surface area is 157 Å². The van der Waals surface area contributed by atoms with Crippen molar-refractivity contribution in [2.24, 2.45) is 0 Å². The normalized spacial score (nSPS) is 16.0. The quantitative estimate of drug-likeness (QED) is 0.531. The number of hydrogen-bond donors (Lipinski definition) is 3. The molecule has 5 heteroatoms. The Hall–Kier alpha value is -1.85. The van der Waals surface area contributed by atoms with Gasteiger partial charge in [-0.05, 0) is 48.1 Å². The van der Waals surface area contributed by atoms with Crippen molar-refractivity contribution in [3.05, 3.63) is 58.7 Å². The van der Waals surface area contributed by atoms with Crippen LogP contribution in [0.15, 0.2) is 36.4 Å². The van der Waals surface area contributed by atoms with Gasteiger partial charge in [-0.1, -0.05) is 25.1 Å². The third kappa shape index (κ3) is 3.88. The van der Waals surface area contributed by atoms with E-state index >= 15 is 0 Å². The standard InChI is InChI=1S/C20H21NO2S2/c1-12(24)7-14-8-13(9-15(11-25-2)19(14)22)10-17-16-5-3-4-6-18(16)21-20(17)23/h3-6,8-10,12,22,24H,7,11H2,1-2H3,(H,21,23)/b17-10+. The predicted molar refractivity (Wildman–Crippen MR) is 110 cm³/mol. The molecule has 1 amide bonds. The number of carbonyl (C=O) groups excluding carboxylic acids is 1. The average molecular weight is 372 g/mol. The van der Waals surface area contributed by atoms with Crippen molar-refractivity contribution >= 4 is 47.6 Å². The molecule has 1 unspecified atom stereocenters. The zero-order valence-electron chi connectivity index (χ0n) is 14.2. The smallest absolute Gasteiger partial charge is 0.256 e. The second-order valence-corrected chi connectivity index (χ2v) is 7.98. The number of rotatable bonds is 5. The summed E-state index contributed by atoms with van der Waals surface area (Å²) in [5.74, 6) is 0.970. The second-order valence-electron chi connectivity index (χ2n) is 6.23. The molecule has 2 aromatic rings. The largest absolute Gasteiger partial charge is 0.507 e. The third-order valence-electron chi connectivity index (χ3n) is 4.13. The minimum Gasteiger partial charge on any atom is -0.507 e. The van der Waals surface area contributed by atoms with Crippen LogP contribution in [0.2, 0.25) is 0 Å². The summed E-state index contributed by atoms with van der Waals surface area (Å²) in [4.78, 5) is 12.3. The molecule has 1 aliphatic rings. The molecule has 3 rings (SSSR count). The first-order valence-electron chi connectivity index (χ1n) is 8.13. The van der Waals surface area contributed by atoms with Crippen LogP contribution in [-0.2, 0) is 17.0 Å². The second kappa shape index (κ2) is 7.58. The topological polar surface area (TPSA) is 49.3 Å². The fourth-order valence-corrected chi connectivity index (χ4v) is 3.79. The highest BCUT2D eigenvalue weighted by atomic mass is 32.2. The van der Waals surface area contributed by atoms with Crippen LogP contribution in [0.25, 0.3) is 11.6 Å². The Morgan fingerprint density at radius 2 is 2.00 bits per heavy atom. The minimum atomic E-state index is -0.0928. The van der Waals surface area contributed by atoms with Gasteiger partial charge in [0.2, 0.25) is 0 Å². The lowest BCUT2D eigenvalue weighted by Crippen LogP contribution is -2.04. The third-order valence-corrected chi connectivity index (χ3v) is 4.91. The van der Waals surface area contributed by atoms with Crippen LogP contribution in [0.1, 0.15) is 29.2 Å². The summed E-state index contributed by atoms with van der Waals surface area (Å²) < 4.78 is 0. The summed E-state index contributed by atoms with van der Waals surface area (Å²) in [6.07, 6.45) is 4.58. The molecule has 0 saturated carbocycles. The number of para-hydroxylation sites is 1. The van der Waals surface area contributed by atoms with Gasteiger partial charge in [0, 0.05) is 33.4 Å². The molecular formula is C20H21NO2S2. The van der Waals surface area contributed by atoms with Crippen LogP contribution in [-0.4, -0.2) is 22.5 Å². The van der Waals surface area contributed by atoms with E-state index in [0.29, 0.717) is 17.7 Å². The maximum atomic E-state index is 12.3. The molecule has 2 N–H and O–H groups in total. The van der Waals surface area contributed by atoms with Gasteiger partial charge in [0.1, 0.15) is 5.75 Å². The van der Waals surface area contributed by atoms with Crippen molar-refractivity contribution in [2.45, 2.75) is 24.3 Å². The van der Waals surface area contributed by atoms with Gasteiger partial charge in [-0.25, -0.2) is 0 Å². The van der Waals surface area contributed by atoms with Crippen molar-refractivity contribution in [1.29, 1.82) is 0 Å². The molecule has 0 fully saturated rings. The molecule has 0 aliphatic carbocycles. The molecule has 0 aromatic heterocycles. The highest BCUT2D eigenvalue weighted by molar-refractivity contribution is 7.97. The van der Waals surface area contributed by atoms with E-state index in [2.05, 4.69) is 17.9 Å². The van der Waals surface area contributed by atoms with Crippen LogP contribution < -0.4 is 5.32 Å². The van der Waals surface area contributed by atoms with Crippen molar-refractivity contribution in [1.82, 2.24) is 0 Å². The highest BCUT2D eigenvalue weighted by Crippen LogP contribution is 2.35. The molecule has 3 nitrogen and oxygen atoms in total. The van der Waals surface area contributed by atoms with Gasteiger partial charge >= 0.3 is 0 Å². The molecule has 130 valence electrons. The zero-order valence-corrected chi connectivity index (χ0v) is 16.0. The van der Waals surface area contributed by atoms with Gasteiger partial charge < -0.3 is 10.4 Å². The Morgan fingerprint density at radius 1 is 1.28 bits per heavy atom. The Kier molecular flexibility index (Phi) is 5.45. The first-order chi connectivity index (χ1) is 12.0. The number of carbonyl (C=O) groups is 1. The molecule has 25 heavy (non-hydrogen) atoms. The number of benzene rings is 2. The van der Waals surface area contributed by atoms with E-state index in [0.717, 1.165) is 33.7 Å². The van der Waals surface area contributed by atoms with Crippen LogP contribution in [0.4, 0.5) is 5.69 Å². The molecule has 1 heterocycles. The Balaban J connectivity index is 2.08. The highest BCUT2D eigenvalue weighted by Gasteiger charge is 2.23. The molecule has 0 radical (unpaired) electrons. The number of aromatic hydroxyl groups is 1. The summed E-state index contributed by atoms with van der Waals surface area (Å²) in [7, 11) is 0. The van der Waals surface area contributed by atoms with E-state index in [4.69, 9.17) is 0 Å².